The van der Waals surface area contributed by atoms with Crippen LogP contribution in [0, 0.1) is 0 Å². The molecule has 6 heteroatoms. The number of hydrogen-bond acceptors (Lipinski definition) is 5. The van der Waals surface area contributed by atoms with Crippen molar-refractivity contribution in [2.75, 3.05) is 32.6 Å². The molecular formula is C12H19BrN4O. The third-order valence-electron chi connectivity index (χ3n) is 3.33. The van der Waals surface area contributed by atoms with Crippen molar-refractivity contribution in [3.63, 3.8) is 0 Å². The zero-order chi connectivity index (χ0) is 13.0. The smallest absolute Gasteiger partial charge is 0.233 e. The number of likely N-dealkylation sites (N-methyl/N-ethyl adjacent to an activating group) is 1. The Balaban J connectivity index is 1.97. The Bertz CT molecular complexity index is 402. The normalized spacial score (nSPS) is 20.7. The Kier molecular flexibility index (Phi) is 4.77. The fourth-order valence-corrected chi connectivity index (χ4v) is 2.68. The second-order valence-electron chi connectivity index (χ2n) is 4.53. The molecule has 1 fully saturated rings. The summed E-state index contributed by atoms with van der Waals surface area (Å²) in [5.41, 5.74) is 0. The highest BCUT2D eigenvalue weighted by Gasteiger charge is 2.20. The van der Waals surface area contributed by atoms with Crippen molar-refractivity contribution >= 4 is 21.7 Å². The number of ether oxygens (including phenoxy) is 1. The lowest BCUT2D eigenvalue weighted by molar-refractivity contribution is 0.122. The molecule has 1 aromatic heterocycles. The van der Waals surface area contributed by atoms with Crippen molar-refractivity contribution in [2.24, 2.45) is 0 Å². The molecule has 100 valence electrons. The minimum absolute atomic E-state index is 0.485. The molecule has 0 spiro atoms. The second-order valence-corrected chi connectivity index (χ2v) is 5.33. The molecule has 1 atom stereocenters. The zero-order valence-corrected chi connectivity index (χ0v) is 12.4. The molecule has 1 unspecified atom stereocenters. The van der Waals surface area contributed by atoms with Crippen molar-refractivity contribution in [3.05, 3.63) is 10.8 Å². The van der Waals surface area contributed by atoms with Gasteiger partial charge in [-0.15, -0.1) is 0 Å². The molecule has 0 amide bonds. The molecule has 0 saturated carbocycles. The molecule has 1 saturated heterocycles. The molecule has 5 nitrogen and oxygen atoms in total. The van der Waals surface area contributed by atoms with Crippen molar-refractivity contribution in [3.8, 4) is 5.88 Å². The van der Waals surface area contributed by atoms with Crippen molar-refractivity contribution in [1.82, 2.24) is 14.9 Å². The largest absolute Gasteiger partial charge is 0.475 e. The number of hydrogen-bond donors (Lipinski definition) is 1. The van der Waals surface area contributed by atoms with Crippen LogP contribution in [0.4, 0.5) is 5.82 Å². The SMILES string of the molecule is CNc1ncnc(OCC2CCCCN2C)c1Br. The standard InChI is InChI=1S/C12H19BrN4O/c1-14-11-10(13)12(16-8-15-11)18-7-9-5-3-4-6-17(9)2/h8-9H,3-7H2,1-2H3,(H,14,15,16). The highest BCUT2D eigenvalue weighted by Crippen LogP contribution is 2.28. The number of piperidine rings is 1. The predicted octanol–water partition coefficient (Wildman–Crippen LogP) is 2.14. The first-order chi connectivity index (χ1) is 8.72. The van der Waals surface area contributed by atoms with Crippen molar-refractivity contribution < 1.29 is 4.74 Å². The van der Waals surface area contributed by atoms with Gasteiger partial charge in [0, 0.05) is 13.1 Å². The molecule has 1 aromatic rings. The van der Waals surface area contributed by atoms with Gasteiger partial charge < -0.3 is 15.0 Å². The maximum absolute atomic E-state index is 5.81. The van der Waals surface area contributed by atoms with E-state index in [1.807, 2.05) is 7.05 Å². The molecule has 0 radical (unpaired) electrons. The molecule has 0 aromatic carbocycles. The van der Waals surface area contributed by atoms with E-state index in [0.717, 1.165) is 16.8 Å². The van der Waals surface area contributed by atoms with E-state index in [2.05, 4.69) is 43.2 Å². The van der Waals surface area contributed by atoms with Crippen LogP contribution >= 0.6 is 15.9 Å². The summed E-state index contributed by atoms with van der Waals surface area (Å²) < 4.78 is 6.59. The van der Waals surface area contributed by atoms with Crippen LogP contribution in [0.15, 0.2) is 10.8 Å². The Morgan fingerprint density at radius 1 is 1.50 bits per heavy atom. The van der Waals surface area contributed by atoms with Crippen LogP contribution in [0.25, 0.3) is 0 Å². The van der Waals surface area contributed by atoms with Crippen LogP contribution in [0.5, 0.6) is 5.88 Å². The number of nitrogens with one attached hydrogen (secondary N) is 1. The van der Waals surface area contributed by atoms with Gasteiger partial charge in [0.2, 0.25) is 5.88 Å². The fraction of sp³-hybridized carbons (Fsp3) is 0.667. The minimum atomic E-state index is 0.485. The van der Waals surface area contributed by atoms with Gasteiger partial charge in [-0.1, -0.05) is 6.42 Å². The summed E-state index contributed by atoms with van der Waals surface area (Å²) in [6.07, 6.45) is 5.27. The Morgan fingerprint density at radius 2 is 2.33 bits per heavy atom. The average molecular weight is 315 g/mol. The van der Waals surface area contributed by atoms with Gasteiger partial charge in [0.25, 0.3) is 0 Å². The van der Waals surface area contributed by atoms with E-state index in [4.69, 9.17) is 4.74 Å². The average Bonchev–Trinajstić information content (AvgIpc) is 2.39. The quantitative estimate of drug-likeness (QED) is 0.922. The third kappa shape index (κ3) is 3.11. The summed E-state index contributed by atoms with van der Waals surface area (Å²) in [6, 6.07) is 0.485. The van der Waals surface area contributed by atoms with E-state index in [0.29, 0.717) is 18.5 Å². The van der Waals surface area contributed by atoms with E-state index in [-0.39, 0.29) is 0 Å². The van der Waals surface area contributed by atoms with Gasteiger partial charge >= 0.3 is 0 Å². The number of anilines is 1. The predicted molar refractivity (Wildman–Crippen MR) is 75.0 cm³/mol. The van der Waals surface area contributed by atoms with Crippen LogP contribution in [-0.2, 0) is 0 Å². The maximum atomic E-state index is 5.81. The lowest BCUT2D eigenvalue weighted by Crippen LogP contribution is -2.40. The Morgan fingerprint density at radius 3 is 3.06 bits per heavy atom. The maximum Gasteiger partial charge on any atom is 0.233 e. The van der Waals surface area contributed by atoms with Gasteiger partial charge in [-0.2, -0.15) is 0 Å². The van der Waals surface area contributed by atoms with Crippen molar-refractivity contribution in [2.45, 2.75) is 25.3 Å². The first kappa shape index (κ1) is 13.5. The van der Waals surface area contributed by atoms with Crippen molar-refractivity contribution in [1.29, 1.82) is 0 Å². The molecule has 2 heterocycles. The molecule has 2 rings (SSSR count). The number of halogens is 1. The molecular weight excluding hydrogens is 296 g/mol. The molecule has 1 aliphatic heterocycles. The highest BCUT2D eigenvalue weighted by atomic mass is 79.9. The fourth-order valence-electron chi connectivity index (χ4n) is 2.16. The molecule has 1 N–H and O–H groups in total. The third-order valence-corrected chi connectivity index (χ3v) is 4.04. The first-order valence-electron chi connectivity index (χ1n) is 6.23. The molecule has 1 aliphatic rings. The van der Waals surface area contributed by atoms with E-state index in [1.54, 1.807) is 0 Å². The minimum Gasteiger partial charge on any atom is -0.475 e. The summed E-state index contributed by atoms with van der Waals surface area (Å²) in [4.78, 5) is 10.6. The summed E-state index contributed by atoms with van der Waals surface area (Å²) in [7, 11) is 3.98. The zero-order valence-electron chi connectivity index (χ0n) is 10.8. The molecule has 18 heavy (non-hydrogen) atoms. The van der Waals surface area contributed by atoms with Gasteiger partial charge in [0.1, 0.15) is 23.2 Å². The molecule has 0 aliphatic carbocycles. The lowest BCUT2D eigenvalue weighted by Gasteiger charge is -2.32. The summed E-state index contributed by atoms with van der Waals surface area (Å²) in [5.74, 6) is 1.35. The Hall–Kier alpha value is -0.880. The van der Waals surface area contributed by atoms with E-state index < -0.39 is 0 Å². The number of rotatable bonds is 4. The van der Waals surface area contributed by atoms with E-state index >= 15 is 0 Å². The van der Waals surface area contributed by atoms with Crippen LogP contribution in [0.1, 0.15) is 19.3 Å². The lowest BCUT2D eigenvalue weighted by atomic mass is 10.0. The van der Waals surface area contributed by atoms with Gasteiger partial charge in [0.05, 0.1) is 0 Å². The van der Waals surface area contributed by atoms with E-state index in [1.165, 1.54) is 25.6 Å². The summed E-state index contributed by atoms with van der Waals surface area (Å²) in [6.45, 7) is 1.83. The van der Waals surface area contributed by atoms with Gasteiger partial charge in [-0.25, -0.2) is 9.97 Å². The number of likely N-dealkylation sites (tertiary alicyclic amines) is 1. The van der Waals surface area contributed by atoms with Gasteiger partial charge in [-0.05, 0) is 42.4 Å². The van der Waals surface area contributed by atoms with Crippen LogP contribution in [0.3, 0.4) is 0 Å². The highest BCUT2D eigenvalue weighted by molar-refractivity contribution is 9.10. The van der Waals surface area contributed by atoms with Gasteiger partial charge in [-0.3, -0.25) is 0 Å². The first-order valence-corrected chi connectivity index (χ1v) is 7.03. The number of nitrogens with zero attached hydrogens (tertiary/aromatic N) is 3. The monoisotopic (exact) mass is 314 g/mol. The summed E-state index contributed by atoms with van der Waals surface area (Å²) >= 11 is 3.46. The van der Waals surface area contributed by atoms with Crippen LogP contribution < -0.4 is 10.1 Å². The topological polar surface area (TPSA) is 50.3 Å². The van der Waals surface area contributed by atoms with E-state index in [9.17, 15) is 0 Å². The van der Waals surface area contributed by atoms with Crippen LogP contribution in [0.2, 0.25) is 0 Å². The van der Waals surface area contributed by atoms with Gasteiger partial charge in [0.15, 0.2) is 0 Å². The molecule has 0 bridgehead atoms. The summed E-state index contributed by atoms with van der Waals surface area (Å²) in [5, 5.41) is 2.99. The van der Waals surface area contributed by atoms with Crippen LogP contribution in [-0.4, -0.2) is 48.2 Å². The Labute approximate surface area is 116 Å². The second kappa shape index (κ2) is 6.33. The number of aromatic nitrogens is 2.